The third-order valence-corrected chi connectivity index (χ3v) is 3.67. The fourth-order valence-corrected chi connectivity index (χ4v) is 2.62. The Kier molecular flexibility index (Phi) is 3.43. The Hall–Kier alpha value is -1.41. The second-order valence-electron chi connectivity index (χ2n) is 4.56. The van der Waals surface area contributed by atoms with E-state index in [0.29, 0.717) is 0 Å². The molecule has 0 amide bonds. The van der Waals surface area contributed by atoms with Crippen LogP contribution < -0.4 is 0 Å². The first kappa shape index (κ1) is 12.1. The zero-order valence-corrected chi connectivity index (χ0v) is 11.2. The summed E-state index contributed by atoms with van der Waals surface area (Å²) in [5, 5.41) is 3.33. The molecule has 2 rings (SSSR count). The molecular formula is C15H16OS. The minimum absolute atomic E-state index is 0.0659. The Bertz CT molecular complexity index is 575. The zero-order valence-electron chi connectivity index (χ0n) is 10.4. The van der Waals surface area contributed by atoms with Crippen LogP contribution >= 0.6 is 11.3 Å². The van der Waals surface area contributed by atoms with Crippen LogP contribution in [0.25, 0.3) is 16.2 Å². The van der Waals surface area contributed by atoms with Gasteiger partial charge >= 0.3 is 0 Å². The molecule has 0 aliphatic carbocycles. The Balaban J connectivity index is 2.34. The van der Waals surface area contributed by atoms with Crippen molar-refractivity contribution >= 4 is 33.3 Å². The normalized spacial score (nSPS) is 12.4. The number of fused-ring (bicyclic) bond motifs is 1. The van der Waals surface area contributed by atoms with Gasteiger partial charge in [0.25, 0.3) is 0 Å². The van der Waals surface area contributed by atoms with Crippen molar-refractivity contribution in [2.45, 2.75) is 20.8 Å². The molecule has 88 valence electrons. The van der Waals surface area contributed by atoms with Crippen molar-refractivity contribution in [2.24, 2.45) is 5.92 Å². The van der Waals surface area contributed by atoms with E-state index in [9.17, 15) is 4.79 Å². The van der Waals surface area contributed by atoms with Crippen LogP contribution in [-0.4, -0.2) is 5.78 Å². The zero-order chi connectivity index (χ0) is 12.4. The van der Waals surface area contributed by atoms with Gasteiger partial charge in [0.1, 0.15) is 0 Å². The molecule has 0 fully saturated rings. The Morgan fingerprint density at radius 2 is 2.06 bits per heavy atom. The summed E-state index contributed by atoms with van der Waals surface area (Å²) in [5.74, 6) is 0.284. The minimum Gasteiger partial charge on any atom is -0.294 e. The maximum Gasteiger partial charge on any atom is 0.161 e. The monoisotopic (exact) mass is 244 g/mol. The van der Waals surface area contributed by atoms with Crippen molar-refractivity contribution in [2.75, 3.05) is 0 Å². The average Bonchev–Trinajstić information content (AvgIpc) is 2.74. The molecule has 0 atom stereocenters. The smallest absolute Gasteiger partial charge is 0.161 e. The van der Waals surface area contributed by atoms with Crippen LogP contribution in [0.3, 0.4) is 0 Å². The van der Waals surface area contributed by atoms with E-state index in [4.69, 9.17) is 0 Å². The first-order valence-corrected chi connectivity index (χ1v) is 6.65. The highest BCUT2D eigenvalue weighted by Gasteiger charge is 2.09. The summed E-state index contributed by atoms with van der Waals surface area (Å²) < 4.78 is 1.29. The summed E-state index contributed by atoms with van der Waals surface area (Å²) in [4.78, 5) is 11.8. The number of allylic oxidation sites excluding steroid dienone is 1. The second kappa shape index (κ2) is 4.84. The fraction of sp³-hybridized carbons (Fsp3) is 0.267. The number of carbonyl (C=O) groups excluding carboxylic acids is 1. The molecule has 0 unspecified atom stereocenters. The van der Waals surface area contributed by atoms with Crippen LogP contribution in [0.2, 0.25) is 0 Å². The first-order chi connectivity index (χ1) is 8.08. The lowest BCUT2D eigenvalue weighted by atomic mass is 10.00. The van der Waals surface area contributed by atoms with Crippen LogP contribution in [0.15, 0.2) is 35.2 Å². The highest BCUT2D eigenvalue weighted by atomic mass is 32.1. The summed E-state index contributed by atoms with van der Waals surface area (Å²) >= 11 is 1.74. The van der Waals surface area contributed by atoms with Gasteiger partial charge in [-0.05, 0) is 53.1 Å². The standard InChI is InChI=1S/C15H16OS/c1-10(2)15(16)11(3)8-12-4-5-14-13(9-12)6-7-17-14/h4-10H,1-3H3/b11-8+. The van der Waals surface area contributed by atoms with Gasteiger partial charge in [-0.1, -0.05) is 19.9 Å². The lowest BCUT2D eigenvalue weighted by Crippen LogP contribution is -2.07. The number of rotatable bonds is 3. The molecule has 1 nitrogen and oxygen atoms in total. The second-order valence-corrected chi connectivity index (χ2v) is 5.51. The molecule has 0 saturated carbocycles. The molecule has 0 aliphatic rings. The van der Waals surface area contributed by atoms with Gasteiger partial charge in [0, 0.05) is 10.6 Å². The topological polar surface area (TPSA) is 17.1 Å². The maximum atomic E-state index is 11.8. The van der Waals surface area contributed by atoms with Gasteiger partial charge in [-0.2, -0.15) is 0 Å². The number of hydrogen-bond donors (Lipinski definition) is 0. The summed E-state index contributed by atoms with van der Waals surface area (Å²) in [6.07, 6.45) is 1.97. The van der Waals surface area contributed by atoms with Crippen molar-refractivity contribution in [3.8, 4) is 0 Å². The van der Waals surface area contributed by atoms with Crippen LogP contribution in [-0.2, 0) is 4.79 Å². The third-order valence-electron chi connectivity index (χ3n) is 2.77. The quantitative estimate of drug-likeness (QED) is 0.725. The van der Waals surface area contributed by atoms with Gasteiger partial charge in [-0.3, -0.25) is 4.79 Å². The van der Waals surface area contributed by atoms with Crippen molar-refractivity contribution in [3.63, 3.8) is 0 Å². The fourth-order valence-electron chi connectivity index (χ4n) is 1.85. The summed E-state index contributed by atoms with van der Waals surface area (Å²) in [7, 11) is 0. The summed E-state index contributed by atoms with van der Waals surface area (Å²) in [6, 6.07) is 8.41. The van der Waals surface area contributed by atoms with Crippen LogP contribution in [0.1, 0.15) is 26.3 Å². The Morgan fingerprint density at radius 1 is 1.29 bits per heavy atom. The van der Waals surface area contributed by atoms with Gasteiger partial charge in [0.2, 0.25) is 0 Å². The largest absolute Gasteiger partial charge is 0.294 e. The molecule has 0 saturated heterocycles. The highest BCUT2D eigenvalue weighted by Crippen LogP contribution is 2.23. The van der Waals surface area contributed by atoms with Crippen molar-refractivity contribution in [1.82, 2.24) is 0 Å². The molecule has 1 heterocycles. The molecule has 0 bridgehead atoms. The van der Waals surface area contributed by atoms with E-state index in [-0.39, 0.29) is 11.7 Å². The SMILES string of the molecule is C/C(=C\c1ccc2sccc2c1)C(=O)C(C)C. The number of carbonyl (C=O) groups is 1. The van der Waals surface area contributed by atoms with Crippen molar-refractivity contribution in [3.05, 3.63) is 40.8 Å². The van der Waals surface area contributed by atoms with Gasteiger partial charge in [-0.25, -0.2) is 0 Å². The molecule has 2 aromatic rings. The molecule has 1 aromatic carbocycles. The van der Waals surface area contributed by atoms with Crippen LogP contribution in [0.5, 0.6) is 0 Å². The molecule has 0 aliphatic heterocycles. The minimum atomic E-state index is 0.0659. The van der Waals surface area contributed by atoms with Gasteiger partial charge in [0.15, 0.2) is 5.78 Å². The highest BCUT2D eigenvalue weighted by molar-refractivity contribution is 7.17. The molecule has 2 heteroatoms. The molecule has 1 aromatic heterocycles. The maximum absolute atomic E-state index is 11.8. The first-order valence-electron chi connectivity index (χ1n) is 5.77. The van der Waals surface area contributed by atoms with Crippen molar-refractivity contribution in [1.29, 1.82) is 0 Å². The van der Waals surface area contributed by atoms with Gasteiger partial charge < -0.3 is 0 Å². The van der Waals surface area contributed by atoms with E-state index in [0.717, 1.165) is 11.1 Å². The summed E-state index contributed by atoms with van der Waals surface area (Å²) in [5.41, 5.74) is 1.93. The van der Waals surface area contributed by atoms with E-state index in [1.807, 2.05) is 26.8 Å². The van der Waals surface area contributed by atoms with E-state index >= 15 is 0 Å². The number of Topliss-reactive ketones (excluding diaryl/α,β-unsaturated/α-hetero) is 1. The average molecular weight is 244 g/mol. The Labute approximate surface area is 106 Å². The molecule has 0 radical (unpaired) electrons. The van der Waals surface area contributed by atoms with Crippen LogP contribution in [0.4, 0.5) is 0 Å². The van der Waals surface area contributed by atoms with Gasteiger partial charge in [-0.15, -0.1) is 11.3 Å². The third kappa shape index (κ3) is 2.64. The predicted molar refractivity (Wildman–Crippen MR) is 75.3 cm³/mol. The molecule has 0 N–H and O–H groups in total. The van der Waals surface area contributed by atoms with Crippen LogP contribution in [0, 0.1) is 5.92 Å². The molecule has 0 spiro atoms. The van der Waals surface area contributed by atoms with Gasteiger partial charge in [0.05, 0.1) is 0 Å². The number of ketones is 1. The number of hydrogen-bond acceptors (Lipinski definition) is 2. The van der Waals surface area contributed by atoms with Crippen molar-refractivity contribution < 1.29 is 4.79 Å². The van der Waals surface area contributed by atoms with E-state index in [2.05, 4.69) is 29.6 Å². The van der Waals surface area contributed by atoms with E-state index < -0.39 is 0 Å². The lowest BCUT2D eigenvalue weighted by Gasteiger charge is -2.04. The Morgan fingerprint density at radius 3 is 2.76 bits per heavy atom. The predicted octanol–water partition coefficient (Wildman–Crippen LogP) is 4.53. The van der Waals surface area contributed by atoms with E-state index in [1.54, 1.807) is 11.3 Å². The molecular weight excluding hydrogens is 228 g/mol. The molecule has 17 heavy (non-hydrogen) atoms. The lowest BCUT2D eigenvalue weighted by molar-refractivity contribution is -0.118. The summed E-state index contributed by atoms with van der Waals surface area (Å²) in [6.45, 7) is 5.75. The number of benzene rings is 1. The number of thiophene rings is 1. The van der Waals surface area contributed by atoms with E-state index in [1.165, 1.54) is 10.1 Å².